The van der Waals surface area contributed by atoms with Gasteiger partial charge >= 0.3 is 0 Å². The summed E-state index contributed by atoms with van der Waals surface area (Å²) in [5.74, 6) is 0.0839. The highest BCUT2D eigenvalue weighted by atomic mass is 35.5. The van der Waals surface area contributed by atoms with Crippen LogP contribution in [-0.2, 0) is 4.89 Å². The van der Waals surface area contributed by atoms with Crippen LogP contribution in [0.2, 0.25) is 0 Å². The molecule has 0 amide bonds. The zero-order chi connectivity index (χ0) is 5.70. The molecule has 0 bridgehead atoms. The van der Waals surface area contributed by atoms with Crippen LogP contribution in [0.3, 0.4) is 0 Å². The second-order valence-corrected chi connectivity index (χ2v) is 1.41. The number of hydrogen-bond donors (Lipinski definition) is 2. The first kappa shape index (κ1) is 7.17. The molecule has 4 heteroatoms. The average Bonchev–Trinajstić information content (AvgIpc) is 1.68. The smallest absolute Gasteiger partial charge is 0.109 e. The summed E-state index contributed by atoms with van der Waals surface area (Å²) in [7, 11) is 0. The Hall–Kier alpha value is 0.170. The molecule has 0 aliphatic heterocycles. The number of halogens is 1. The highest BCUT2D eigenvalue weighted by Crippen LogP contribution is 1.85. The van der Waals surface area contributed by atoms with Gasteiger partial charge in [0.05, 0.1) is 12.0 Å². The van der Waals surface area contributed by atoms with E-state index < -0.39 is 6.10 Å². The van der Waals surface area contributed by atoms with Gasteiger partial charge in [-0.3, -0.25) is 5.26 Å². The third-order valence-electron chi connectivity index (χ3n) is 0.445. The van der Waals surface area contributed by atoms with Crippen LogP contribution < -0.4 is 0 Å². The molecule has 0 aromatic rings. The third kappa shape index (κ3) is 4.01. The van der Waals surface area contributed by atoms with Gasteiger partial charge in [-0.25, -0.2) is 4.89 Å². The zero-order valence-electron chi connectivity index (χ0n) is 3.67. The van der Waals surface area contributed by atoms with Gasteiger partial charge in [-0.05, 0) is 0 Å². The molecule has 7 heavy (non-hydrogen) atoms. The van der Waals surface area contributed by atoms with Gasteiger partial charge in [0.15, 0.2) is 0 Å². The van der Waals surface area contributed by atoms with Crippen molar-refractivity contribution >= 4 is 11.6 Å². The second kappa shape index (κ2) is 4.33. The Kier molecular flexibility index (Phi) is 4.44. The lowest BCUT2D eigenvalue weighted by molar-refractivity contribution is -0.254. The number of aliphatic hydroxyl groups is 1. The van der Waals surface area contributed by atoms with Gasteiger partial charge in [-0.2, -0.15) is 0 Å². The summed E-state index contributed by atoms with van der Waals surface area (Å²) in [6.45, 7) is -0.122. The lowest BCUT2D eigenvalue weighted by Gasteiger charge is -1.99. The van der Waals surface area contributed by atoms with Crippen molar-refractivity contribution in [3.63, 3.8) is 0 Å². The minimum atomic E-state index is -0.758. The van der Waals surface area contributed by atoms with Crippen molar-refractivity contribution in [1.82, 2.24) is 0 Å². The van der Waals surface area contributed by atoms with Crippen LogP contribution >= 0.6 is 11.6 Å². The summed E-state index contributed by atoms with van der Waals surface area (Å²) in [6, 6.07) is 0. The van der Waals surface area contributed by atoms with E-state index in [2.05, 4.69) is 4.89 Å². The first-order valence-electron chi connectivity index (χ1n) is 1.81. The van der Waals surface area contributed by atoms with E-state index in [4.69, 9.17) is 22.0 Å². The van der Waals surface area contributed by atoms with E-state index in [-0.39, 0.29) is 12.5 Å². The van der Waals surface area contributed by atoms with Crippen LogP contribution in [0.4, 0.5) is 0 Å². The fourth-order valence-electron chi connectivity index (χ4n) is 0.131. The molecule has 0 aromatic carbocycles. The third-order valence-corrected chi connectivity index (χ3v) is 0.801. The SMILES string of the molecule is OOCC(O)CCl. The first-order valence-corrected chi connectivity index (χ1v) is 2.35. The minimum Gasteiger partial charge on any atom is -0.389 e. The Bertz CT molecular complexity index is 41.2. The Balaban J connectivity index is 2.83. The van der Waals surface area contributed by atoms with Crippen molar-refractivity contribution in [2.45, 2.75) is 6.10 Å². The van der Waals surface area contributed by atoms with Gasteiger partial charge < -0.3 is 5.11 Å². The van der Waals surface area contributed by atoms with Crippen LogP contribution in [0, 0.1) is 0 Å². The van der Waals surface area contributed by atoms with Crippen molar-refractivity contribution in [2.24, 2.45) is 0 Å². The van der Waals surface area contributed by atoms with Gasteiger partial charge in [0, 0.05) is 0 Å². The minimum absolute atomic E-state index is 0.0839. The van der Waals surface area contributed by atoms with Crippen LogP contribution in [-0.4, -0.2) is 29.0 Å². The Morgan fingerprint density at radius 1 is 1.71 bits per heavy atom. The van der Waals surface area contributed by atoms with E-state index >= 15 is 0 Å². The van der Waals surface area contributed by atoms with Gasteiger partial charge in [0.25, 0.3) is 0 Å². The topological polar surface area (TPSA) is 49.7 Å². The predicted molar refractivity (Wildman–Crippen MR) is 25.3 cm³/mol. The number of alkyl halides is 1. The van der Waals surface area contributed by atoms with E-state index in [9.17, 15) is 0 Å². The molecule has 44 valence electrons. The Morgan fingerprint density at radius 3 is 2.43 bits per heavy atom. The van der Waals surface area contributed by atoms with Gasteiger partial charge in [0.2, 0.25) is 0 Å². The Labute approximate surface area is 46.4 Å². The molecule has 0 radical (unpaired) electrons. The summed E-state index contributed by atoms with van der Waals surface area (Å²) >= 11 is 5.09. The average molecular weight is 127 g/mol. The summed E-state index contributed by atoms with van der Waals surface area (Å²) in [5, 5.41) is 16.1. The van der Waals surface area contributed by atoms with Crippen molar-refractivity contribution in [2.75, 3.05) is 12.5 Å². The monoisotopic (exact) mass is 126 g/mol. The van der Waals surface area contributed by atoms with Gasteiger partial charge in [-0.1, -0.05) is 0 Å². The molecule has 0 aromatic heterocycles. The van der Waals surface area contributed by atoms with Crippen molar-refractivity contribution in [3.05, 3.63) is 0 Å². The lowest BCUT2D eigenvalue weighted by atomic mass is 10.4. The number of hydrogen-bond acceptors (Lipinski definition) is 3. The molecule has 0 saturated heterocycles. The van der Waals surface area contributed by atoms with Crippen LogP contribution in [0.5, 0.6) is 0 Å². The van der Waals surface area contributed by atoms with Crippen LogP contribution in [0.25, 0.3) is 0 Å². The normalized spacial score (nSPS) is 14.1. The first-order chi connectivity index (χ1) is 3.31. The van der Waals surface area contributed by atoms with E-state index in [0.29, 0.717) is 0 Å². The standard InChI is InChI=1S/C3H7ClO3/c4-1-3(5)2-7-6/h3,5-6H,1-2H2. The highest BCUT2D eigenvalue weighted by molar-refractivity contribution is 6.18. The lowest BCUT2D eigenvalue weighted by Crippen LogP contribution is -2.15. The second-order valence-electron chi connectivity index (χ2n) is 1.10. The molecular formula is C3H7ClO3. The fourth-order valence-corrected chi connectivity index (χ4v) is 0.220. The molecule has 0 rings (SSSR count). The van der Waals surface area contributed by atoms with Crippen molar-refractivity contribution in [1.29, 1.82) is 0 Å². The molecule has 0 spiro atoms. The van der Waals surface area contributed by atoms with Gasteiger partial charge in [0.1, 0.15) is 6.61 Å². The molecule has 1 atom stereocenters. The van der Waals surface area contributed by atoms with Crippen molar-refractivity contribution < 1.29 is 15.3 Å². The molecule has 3 nitrogen and oxygen atoms in total. The highest BCUT2D eigenvalue weighted by Gasteiger charge is 1.98. The molecule has 0 aliphatic carbocycles. The number of aliphatic hydroxyl groups excluding tert-OH is 1. The molecule has 0 aliphatic rings. The van der Waals surface area contributed by atoms with Crippen LogP contribution in [0.15, 0.2) is 0 Å². The van der Waals surface area contributed by atoms with E-state index in [1.54, 1.807) is 0 Å². The fraction of sp³-hybridized carbons (Fsp3) is 1.00. The zero-order valence-corrected chi connectivity index (χ0v) is 4.43. The van der Waals surface area contributed by atoms with E-state index in [1.807, 2.05) is 0 Å². The predicted octanol–water partition coefficient (Wildman–Crippen LogP) is 0.0757. The summed E-state index contributed by atoms with van der Waals surface area (Å²) in [5.41, 5.74) is 0. The maximum Gasteiger partial charge on any atom is 0.109 e. The molecule has 0 heterocycles. The number of rotatable bonds is 3. The van der Waals surface area contributed by atoms with E-state index in [0.717, 1.165) is 0 Å². The maximum absolute atomic E-state index is 8.44. The molecule has 0 saturated carbocycles. The van der Waals surface area contributed by atoms with Crippen LogP contribution in [0.1, 0.15) is 0 Å². The Morgan fingerprint density at radius 2 is 2.29 bits per heavy atom. The molecule has 1 unspecified atom stereocenters. The van der Waals surface area contributed by atoms with Crippen molar-refractivity contribution in [3.8, 4) is 0 Å². The maximum atomic E-state index is 8.44. The van der Waals surface area contributed by atoms with E-state index in [1.165, 1.54) is 0 Å². The van der Waals surface area contributed by atoms with Gasteiger partial charge in [-0.15, -0.1) is 11.6 Å². The summed E-state index contributed by atoms with van der Waals surface area (Å²) in [4.78, 5) is 3.56. The molecule has 0 fully saturated rings. The summed E-state index contributed by atoms with van der Waals surface area (Å²) in [6.07, 6.45) is -0.758. The largest absolute Gasteiger partial charge is 0.389 e. The molecular weight excluding hydrogens is 119 g/mol. The molecule has 2 N–H and O–H groups in total. The quantitative estimate of drug-likeness (QED) is 0.320. The summed E-state index contributed by atoms with van der Waals surface area (Å²) < 4.78 is 0.